The van der Waals surface area contributed by atoms with Crippen LogP contribution < -0.4 is 0 Å². The lowest BCUT2D eigenvalue weighted by molar-refractivity contribution is -0.136. The molecule has 0 bridgehead atoms. The van der Waals surface area contributed by atoms with Gasteiger partial charge in [-0.25, -0.2) is 14.2 Å². The summed E-state index contributed by atoms with van der Waals surface area (Å²) in [6.45, 7) is 3.44. The third kappa shape index (κ3) is 4.13. The van der Waals surface area contributed by atoms with Crippen LogP contribution in [-0.4, -0.2) is 47.0 Å². The monoisotopic (exact) mass is 443 g/mol. The molecule has 1 aromatic rings. The molecule has 4 rings (SSSR count). The summed E-state index contributed by atoms with van der Waals surface area (Å²) in [6.07, 6.45) is 3.88. The molecular weight excluding hydrogens is 417 g/mol. The Bertz CT molecular complexity index is 982. The molecule has 1 saturated heterocycles. The van der Waals surface area contributed by atoms with Crippen LogP contribution in [0.1, 0.15) is 50.6 Å². The number of likely N-dealkylation sites (tertiary alicyclic amines) is 1. The zero-order chi connectivity index (χ0) is 22.0. The predicted molar refractivity (Wildman–Crippen MR) is 118 cm³/mol. The van der Waals surface area contributed by atoms with Gasteiger partial charge in [0.2, 0.25) is 5.91 Å². The first-order valence-electron chi connectivity index (χ1n) is 10.6. The first kappa shape index (κ1) is 21.6. The molecule has 1 atom stereocenters. The summed E-state index contributed by atoms with van der Waals surface area (Å²) >= 11 is 1.40. The summed E-state index contributed by atoms with van der Waals surface area (Å²) in [4.78, 5) is 34.2. The summed E-state index contributed by atoms with van der Waals surface area (Å²) in [5.74, 6) is -0.902. The topological polar surface area (TPSA) is 62.2 Å². The van der Waals surface area contributed by atoms with Gasteiger partial charge in [-0.05, 0) is 37.2 Å². The fourth-order valence-electron chi connectivity index (χ4n) is 4.31. The smallest absolute Gasteiger partial charge is 0.338 e. The fraction of sp³-hybridized carbons (Fsp3) is 0.435. The molecule has 0 spiro atoms. The van der Waals surface area contributed by atoms with E-state index in [1.54, 1.807) is 18.2 Å². The number of fused-ring (bicyclic) bond motifs is 1. The van der Waals surface area contributed by atoms with Gasteiger partial charge in [0.25, 0.3) is 0 Å². The van der Waals surface area contributed by atoms with Crippen molar-refractivity contribution < 1.29 is 18.7 Å². The Morgan fingerprint density at radius 2 is 1.97 bits per heavy atom. The number of rotatable bonds is 5. The molecule has 1 fully saturated rings. The Balaban J connectivity index is 1.73. The van der Waals surface area contributed by atoms with Crippen molar-refractivity contribution in [3.63, 3.8) is 0 Å². The number of methoxy groups -OCH3 is 1. The van der Waals surface area contributed by atoms with Crippen molar-refractivity contribution in [2.24, 2.45) is 4.99 Å². The van der Waals surface area contributed by atoms with Gasteiger partial charge in [0.15, 0.2) is 5.17 Å². The number of allylic oxidation sites excluding steroid dienone is 1. The van der Waals surface area contributed by atoms with Crippen LogP contribution in [0.3, 0.4) is 0 Å². The Kier molecular flexibility index (Phi) is 6.46. The molecule has 3 heterocycles. The van der Waals surface area contributed by atoms with Gasteiger partial charge in [-0.3, -0.25) is 4.79 Å². The maximum absolute atomic E-state index is 14.9. The molecule has 6 nitrogen and oxygen atoms in total. The predicted octanol–water partition coefficient (Wildman–Crippen LogP) is 4.37. The number of nitrogens with zero attached hydrogens (tertiary/aromatic N) is 3. The summed E-state index contributed by atoms with van der Waals surface area (Å²) in [5, 5.41) is 2.54. The van der Waals surface area contributed by atoms with E-state index < -0.39 is 17.8 Å². The lowest BCUT2D eigenvalue weighted by atomic mass is 9.92. The minimum absolute atomic E-state index is 0.0463. The second-order valence-electron chi connectivity index (χ2n) is 7.74. The van der Waals surface area contributed by atoms with Gasteiger partial charge in [-0.1, -0.05) is 36.9 Å². The van der Waals surface area contributed by atoms with Crippen molar-refractivity contribution in [1.29, 1.82) is 0 Å². The lowest BCUT2D eigenvalue weighted by Crippen LogP contribution is -2.40. The van der Waals surface area contributed by atoms with Crippen LogP contribution in [0.25, 0.3) is 0 Å². The zero-order valence-corrected chi connectivity index (χ0v) is 18.6. The molecule has 0 radical (unpaired) electrons. The molecule has 164 valence electrons. The molecule has 8 heteroatoms. The maximum Gasteiger partial charge on any atom is 0.338 e. The van der Waals surface area contributed by atoms with Gasteiger partial charge >= 0.3 is 5.97 Å². The van der Waals surface area contributed by atoms with Crippen molar-refractivity contribution in [3.8, 4) is 0 Å². The Labute approximate surface area is 185 Å². The molecule has 0 saturated carbocycles. The first-order chi connectivity index (χ1) is 15.0. The molecular formula is C23H26FN3O3S. The summed E-state index contributed by atoms with van der Waals surface area (Å²) in [6, 6.07) is 5.69. The van der Waals surface area contributed by atoms with E-state index in [0.717, 1.165) is 38.0 Å². The number of amides is 1. The van der Waals surface area contributed by atoms with E-state index in [4.69, 9.17) is 4.74 Å². The van der Waals surface area contributed by atoms with E-state index in [9.17, 15) is 14.0 Å². The van der Waals surface area contributed by atoms with Gasteiger partial charge in [0.05, 0.1) is 30.8 Å². The van der Waals surface area contributed by atoms with Crippen molar-refractivity contribution in [3.05, 3.63) is 58.0 Å². The first-order valence-corrected chi connectivity index (χ1v) is 11.5. The summed E-state index contributed by atoms with van der Waals surface area (Å²) < 4.78 is 20.0. The van der Waals surface area contributed by atoms with Crippen molar-refractivity contribution >= 4 is 28.8 Å². The minimum atomic E-state index is -0.730. The van der Waals surface area contributed by atoms with Crippen LogP contribution >= 0.6 is 11.8 Å². The number of esters is 1. The second-order valence-corrected chi connectivity index (χ2v) is 8.58. The van der Waals surface area contributed by atoms with Gasteiger partial charge in [-0.15, -0.1) is 0 Å². The third-order valence-corrected chi connectivity index (χ3v) is 6.76. The van der Waals surface area contributed by atoms with Gasteiger partial charge in [0.1, 0.15) is 5.82 Å². The van der Waals surface area contributed by atoms with Crippen LogP contribution in [0.15, 0.2) is 51.6 Å². The average Bonchev–Trinajstić information content (AvgIpc) is 3.20. The van der Waals surface area contributed by atoms with E-state index >= 15 is 0 Å². The second kappa shape index (κ2) is 9.26. The zero-order valence-electron chi connectivity index (χ0n) is 17.8. The molecule has 0 aromatic heterocycles. The van der Waals surface area contributed by atoms with E-state index in [2.05, 4.69) is 4.99 Å². The number of thioether (sulfide) groups is 1. The van der Waals surface area contributed by atoms with Crippen molar-refractivity contribution in [2.45, 2.75) is 45.1 Å². The number of hydrogen-bond acceptors (Lipinski definition) is 6. The molecule has 1 aromatic carbocycles. The van der Waals surface area contributed by atoms with Crippen LogP contribution in [0, 0.1) is 5.82 Å². The quantitative estimate of drug-likeness (QED) is 0.633. The Hall–Kier alpha value is -2.61. The molecule has 31 heavy (non-hydrogen) atoms. The number of carbonyl (C=O) groups excluding carboxylic acids is 2. The van der Waals surface area contributed by atoms with E-state index in [1.165, 1.54) is 24.9 Å². The van der Waals surface area contributed by atoms with Crippen LogP contribution in [0.4, 0.5) is 4.39 Å². The minimum Gasteiger partial charge on any atom is -0.466 e. The third-order valence-electron chi connectivity index (χ3n) is 5.87. The molecule has 3 aliphatic rings. The highest BCUT2D eigenvalue weighted by molar-refractivity contribution is 8.16. The Morgan fingerprint density at radius 1 is 1.23 bits per heavy atom. The fourth-order valence-corrected chi connectivity index (χ4v) is 5.25. The molecule has 1 amide bonds. The van der Waals surface area contributed by atoms with E-state index in [1.807, 2.05) is 22.1 Å². The number of ether oxygens (including phenoxy) is 1. The number of hydrogen-bond donors (Lipinski definition) is 0. The van der Waals surface area contributed by atoms with Gasteiger partial charge in [0, 0.05) is 24.4 Å². The normalized spacial score (nSPS) is 20.9. The Morgan fingerprint density at radius 3 is 2.65 bits per heavy atom. The summed E-state index contributed by atoms with van der Waals surface area (Å²) in [5.41, 5.74) is 1.98. The standard InChI is InChI=1S/C23H26FN3O3S/c1-3-18-20(22(29)30-2)21(16-9-5-6-10-17(16)24)27-15(14-31-23(27)25-18)13-19(28)26-11-7-4-8-12-26/h5-6,9-10,14,21H,3-4,7-8,11-13H2,1-2H3. The number of halogens is 1. The van der Waals surface area contributed by atoms with Gasteiger partial charge < -0.3 is 14.5 Å². The maximum atomic E-state index is 14.9. The number of aliphatic imine (C=N–C) groups is 1. The van der Waals surface area contributed by atoms with Crippen LogP contribution in [-0.2, 0) is 14.3 Å². The molecule has 1 unspecified atom stereocenters. The largest absolute Gasteiger partial charge is 0.466 e. The number of piperidine rings is 1. The number of carbonyl (C=O) groups is 2. The highest BCUT2D eigenvalue weighted by Crippen LogP contribution is 2.46. The lowest BCUT2D eigenvalue weighted by Gasteiger charge is -2.37. The van der Waals surface area contributed by atoms with Gasteiger partial charge in [-0.2, -0.15) is 0 Å². The highest BCUT2D eigenvalue weighted by Gasteiger charge is 2.42. The van der Waals surface area contributed by atoms with E-state index in [-0.39, 0.29) is 12.3 Å². The highest BCUT2D eigenvalue weighted by atomic mass is 32.2. The summed E-state index contributed by atoms with van der Waals surface area (Å²) in [7, 11) is 1.32. The number of amidine groups is 1. The van der Waals surface area contributed by atoms with E-state index in [0.29, 0.717) is 28.4 Å². The number of benzene rings is 1. The molecule has 0 N–H and O–H groups in total. The van der Waals surface area contributed by atoms with Crippen LogP contribution in [0.5, 0.6) is 0 Å². The molecule has 0 aliphatic carbocycles. The van der Waals surface area contributed by atoms with Crippen molar-refractivity contribution in [2.75, 3.05) is 20.2 Å². The SMILES string of the molecule is CCC1=C(C(=O)OC)C(c2ccccc2F)N2C(CC(=O)N3CCCCC3)=CSC2=N1. The van der Waals surface area contributed by atoms with Crippen LogP contribution in [0.2, 0.25) is 0 Å². The average molecular weight is 444 g/mol. The van der Waals surface area contributed by atoms with Crippen molar-refractivity contribution in [1.82, 2.24) is 9.80 Å². The molecule has 3 aliphatic heterocycles.